The summed E-state index contributed by atoms with van der Waals surface area (Å²) >= 11 is 0. The number of aryl methyl sites for hydroxylation is 2. The zero-order valence-electron chi connectivity index (χ0n) is 16.6. The lowest BCUT2D eigenvalue weighted by Crippen LogP contribution is -2.31. The van der Waals surface area contributed by atoms with Gasteiger partial charge < -0.3 is 4.90 Å². The van der Waals surface area contributed by atoms with Crippen LogP contribution in [0.5, 0.6) is 0 Å². The van der Waals surface area contributed by atoms with E-state index in [-0.39, 0.29) is 5.91 Å². The first-order chi connectivity index (χ1) is 13.4. The zero-order chi connectivity index (χ0) is 20.1. The molecule has 0 aromatic heterocycles. The van der Waals surface area contributed by atoms with Crippen LogP contribution in [-0.2, 0) is 21.2 Å². The van der Waals surface area contributed by atoms with E-state index in [2.05, 4.69) is 0 Å². The Hall–Kier alpha value is -2.18. The van der Waals surface area contributed by atoms with Crippen LogP contribution in [0.25, 0.3) is 0 Å². The highest BCUT2D eigenvalue weighted by Gasteiger charge is 2.26. The summed E-state index contributed by atoms with van der Waals surface area (Å²) in [6, 6.07) is 14.8. The normalized spacial score (nSPS) is 14.9. The van der Waals surface area contributed by atoms with E-state index in [1.54, 1.807) is 16.4 Å². The van der Waals surface area contributed by atoms with Gasteiger partial charge >= 0.3 is 0 Å². The quantitative estimate of drug-likeness (QED) is 0.711. The molecule has 150 valence electrons. The maximum atomic E-state index is 12.7. The van der Waals surface area contributed by atoms with Gasteiger partial charge in [0.1, 0.15) is 0 Å². The summed E-state index contributed by atoms with van der Waals surface area (Å²) in [6.45, 7) is 5.80. The first-order valence-electron chi connectivity index (χ1n) is 9.88. The van der Waals surface area contributed by atoms with Crippen molar-refractivity contribution in [1.29, 1.82) is 0 Å². The number of hydrogen-bond donors (Lipinski definition) is 0. The largest absolute Gasteiger partial charge is 0.312 e. The zero-order valence-corrected chi connectivity index (χ0v) is 17.4. The molecule has 1 heterocycles. The SMILES string of the molecule is CCN(C(=O)CCc1ccc(S(=O)(=O)N2CCCC2)cc1)c1ccccc1C. The molecule has 1 amide bonds. The third-order valence-corrected chi connectivity index (χ3v) is 7.19. The van der Waals surface area contributed by atoms with Gasteiger partial charge in [-0.15, -0.1) is 0 Å². The second-order valence-electron chi connectivity index (χ2n) is 7.18. The summed E-state index contributed by atoms with van der Waals surface area (Å²) in [5.41, 5.74) is 2.99. The van der Waals surface area contributed by atoms with Gasteiger partial charge in [-0.1, -0.05) is 30.3 Å². The molecule has 0 radical (unpaired) electrons. The monoisotopic (exact) mass is 400 g/mol. The predicted octanol–water partition coefficient (Wildman–Crippen LogP) is 3.77. The van der Waals surface area contributed by atoms with Crippen LogP contribution >= 0.6 is 0 Å². The lowest BCUT2D eigenvalue weighted by atomic mass is 10.1. The number of rotatable bonds is 7. The molecule has 0 unspecified atom stereocenters. The Labute approximate surface area is 168 Å². The van der Waals surface area contributed by atoms with Crippen LogP contribution in [0.2, 0.25) is 0 Å². The summed E-state index contributed by atoms with van der Waals surface area (Å²) in [6.07, 6.45) is 2.83. The van der Waals surface area contributed by atoms with Gasteiger partial charge in [-0.2, -0.15) is 4.31 Å². The van der Waals surface area contributed by atoms with Crippen molar-refractivity contribution in [1.82, 2.24) is 4.31 Å². The summed E-state index contributed by atoms with van der Waals surface area (Å²) < 4.78 is 26.7. The molecule has 0 bridgehead atoms. The molecule has 2 aromatic rings. The van der Waals surface area contributed by atoms with Crippen LogP contribution in [0.3, 0.4) is 0 Å². The van der Waals surface area contributed by atoms with Crippen molar-refractivity contribution in [3.05, 3.63) is 59.7 Å². The van der Waals surface area contributed by atoms with Crippen LogP contribution < -0.4 is 4.90 Å². The fraction of sp³-hybridized carbons (Fsp3) is 0.409. The molecule has 1 fully saturated rings. The number of para-hydroxylation sites is 1. The molecular weight excluding hydrogens is 372 g/mol. The number of amides is 1. The Morgan fingerprint density at radius 3 is 2.29 bits per heavy atom. The number of hydrogen-bond acceptors (Lipinski definition) is 3. The standard InChI is InChI=1S/C22H28N2O3S/c1-3-24(21-9-5-4-8-18(21)2)22(25)15-12-19-10-13-20(14-11-19)28(26,27)23-16-6-7-17-23/h4-5,8-11,13-14H,3,6-7,12,15-17H2,1-2H3. The summed E-state index contributed by atoms with van der Waals surface area (Å²) in [5, 5.41) is 0. The minimum absolute atomic E-state index is 0.0746. The van der Waals surface area contributed by atoms with Gasteiger partial charge in [0, 0.05) is 31.7 Å². The Morgan fingerprint density at radius 1 is 1.04 bits per heavy atom. The highest BCUT2D eigenvalue weighted by molar-refractivity contribution is 7.89. The number of nitrogens with zero attached hydrogens (tertiary/aromatic N) is 2. The molecule has 5 nitrogen and oxygen atoms in total. The average Bonchev–Trinajstić information content (AvgIpc) is 3.24. The predicted molar refractivity (Wildman–Crippen MR) is 112 cm³/mol. The minimum Gasteiger partial charge on any atom is -0.312 e. The number of carbonyl (C=O) groups is 1. The average molecular weight is 401 g/mol. The van der Waals surface area contributed by atoms with E-state index < -0.39 is 10.0 Å². The number of benzene rings is 2. The summed E-state index contributed by atoms with van der Waals surface area (Å²) in [4.78, 5) is 14.9. The highest BCUT2D eigenvalue weighted by atomic mass is 32.2. The molecule has 0 saturated carbocycles. The molecule has 2 aromatic carbocycles. The van der Waals surface area contributed by atoms with Crippen molar-refractivity contribution in [2.75, 3.05) is 24.5 Å². The third kappa shape index (κ3) is 4.45. The van der Waals surface area contributed by atoms with Gasteiger partial charge in [-0.3, -0.25) is 4.79 Å². The molecule has 28 heavy (non-hydrogen) atoms. The fourth-order valence-corrected chi connectivity index (χ4v) is 5.16. The van der Waals surface area contributed by atoms with E-state index in [4.69, 9.17) is 0 Å². The van der Waals surface area contributed by atoms with Crippen LogP contribution in [-0.4, -0.2) is 38.3 Å². The third-order valence-electron chi connectivity index (χ3n) is 5.28. The van der Waals surface area contributed by atoms with Crippen LogP contribution in [0, 0.1) is 6.92 Å². The molecule has 0 aliphatic carbocycles. The van der Waals surface area contributed by atoms with Crippen molar-refractivity contribution in [2.45, 2.75) is 44.4 Å². The molecule has 0 N–H and O–H groups in total. The minimum atomic E-state index is -3.39. The van der Waals surface area contributed by atoms with Crippen LogP contribution in [0.15, 0.2) is 53.4 Å². The smallest absolute Gasteiger partial charge is 0.243 e. The van der Waals surface area contributed by atoms with E-state index in [9.17, 15) is 13.2 Å². The molecule has 1 aliphatic heterocycles. The highest BCUT2D eigenvalue weighted by Crippen LogP contribution is 2.23. The second kappa shape index (κ2) is 8.88. The van der Waals surface area contributed by atoms with Gasteiger partial charge in [0.2, 0.25) is 15.9 Å². The first kappa shape index (κ1) is 20.6. The number of anilines is 1. The van der Waals surface area contributed by atoms with Gasteiger partial charge in [0.25, 0.3) is 0 Å². The molecule has 0 atom stereocenters. The number of carbonyl (C=O) groups excluding carboxylic acids is 1. The fourth-order valence-electron chi connectivity index (χ4n) is 3.64. The molecule has 3 rings (SSSR count). The maximum absolute atomic E-state index is 12.7. The lowest BCUT2D eigenvalue weighted by Gasteiger charge is -2.23. The topological polar surface area (TPSA) is 57.7 Å². The van der Waals surface area contributed by atoms with Crippen molar-refractivity contribution in [3.63, 3.8) is 0 Å². The van der Waals surface area contributed by atoms with Crippen molar-refractivity contribution >= 4 is 21.6 Å². The molecule has 0 spiro atoms. The number of sulfonamides is 1. The van der Waals surface area contributed by atoms with E-state index in [0.717, 1.165) is 29.7 Å². The second-order valence-corrected chi connectivity index (χ2v) is 9.12. The van der Waals surface area contributed by atoms with Gasteiger partial charge in [-0.25, -0.2) is 8.42 Å². The van der Waals surface area contributed by atoms with Crippen molar-refractivity contribution in [3.8, 4) is 0 Å². The molecule has 6 heteroatoms. The van der Waals surface area contributed by atoms with Gasteiger partial charge in [0.05, 0.1) is 4.90 Å². The van der Waals surface area contributed by atoms with E-state index in [0.29, 0.717) is 37.4 Å². The summed E-state index contributed by atoms with van der Waals surface area (Å²) in [5.74, 6) is 0.0746. The van der Waals surface area contributed by atoms with E-state index >= 15 is 0 Å². The molecular formula is C22H28N2O3S. The van der Waals surface area contributed by atoms with Crippen LogP contribution in [0.1, 0.15) is 37.3 Å². The van der Waals surface area contributed by atoms with Crippen molar-refractivity contribution in [2.24, 2.45) is 0 Å². The Bertz CT molecular complexity index is 917. The maximum Gasteiger partial charge on any atom is 0.243 e. The lowest BCUT2D eigenvalue weighted by molar-refractivity contribution is -0.118. The van der Waals surface area contributed by atoms with Crippen molar-refractivity contribution < 1.29 is 13.2 Å². The van der Waals surface area contributed by atoms with E-state index in [1.165, 1.54) is 0 Å². The Morgan fingerprint density at radius 2 is 1.68 bits per heavy atom. The van der Waals surface area contributed by atoms with Crippen LogP contribution in [0.4, 0.5) is 5.69 Å². The Kier molecular flexibility index (Phi) is 6.52. The molecule has 1 aliphatic rings. The first-order valence-corrected chi connectivity index (χ1v) is 11.3. The van der Waals surface area contributed by atoms with Gasteiger partial charge in [-0.05, 0) is 62.4 Å². The Balaban J connectivity index is 1.64. The molecule has 1 saturated heterocycles. The van der Waals surface area contributed by atoms with E-state index in [1.807, 2.05) is 55.1 Å². The summed E-state index contributed by atoms with van der Waals surface area (Å²) in [7, 11) is -3.39. The van der Waals surface area contributed by atoms with Gasteiger partial charge in [0.15, 0.2) is 0 Å².